The van der Waals surface area contributed by atoms with Crippen LogP contribution in [0.1, 0.15) is 32.6 Å². The Morgan fingerprint density at radius 3 is 2.52 bits per heavy atom. The van der Waals surface area contributed by atoms with E-state index >= 15 is 0 Å². The van der Waals surface area contributed by atoms with Crippen LogP contribution in [0.3, 0.4) is 0 Å². The van der Waals surface area contributed by atoms with Gasteiger partial charge in [0.25, 0.3) is 0 Å². The van der Waals surface area contributed by atoms with Crippen molar-refractivity contribution in [2.75, 3.05) is 6.61 Å². The van der Waals surface area contributed by atoms with Gasteiger partial charge in [0, 0.05) is 30.1 Å². The van der Waals surface area contributed by atoms with Gasteiger partial charge in [0.2, 0.25) is 0 Å². The molecular formula is C24H23NO4. The molecule has 0 unspecified atom stereocenters. The van der Waals surface area contributed by atoms with E-state index in [0.29, 0.717) is 23.4 Å². The number of aromatic nitrogens is 1. The van der Waals surface area contributed by atoms with E-state index in [1.165, 1.54) is 0 Å². The van der Waals surface area contributed by atoms with Gasteiger partial charge in [0.05, 0.1) is 0 Å². The second-order valence-electron chi connectivity index (χ2n) is 6.90. The number of carbonyl (C=O) groups excluding carboxylic acids is 1. The van der Waals surface area contributed by atoms with E-state index in [2.05, 4.69) is 0 Å². The number of allylic oxidation sites excluding steroid dienone is 1. The quantitative estimate of drug-likeness (QED) is 0.576. The zero-order valence-electron chi connectivity index (χ0n) is 16.5. The van der Waals surface area contributed by atoms with Crippen molar-refractivity contribution in [3.05, 3.63) is 94.8 Å². The van der Waals surface area contributed by atoms with Crippen LogP contribution in [0.25, 0.3) is 6.08 Å². The molecule has 0 fully saturated rings. The number of aryl methyl sites for hydroxylation is 2. The summed E-state index contributed by atoms with van der Waals surface area (Å²) in [6, 6.07) is 15.0. The van der Waals surface area contributed by atoms with Crippen molar-refractivity contribution in [1.82, 2.24) is 4.57 Å². The van der Waals surface area contributed by atoms with E-state index in [-0.39, 0.29) is 12.4 Å². The van der Waals surface area contributed by atoms with Gasteiger partial charge >= 0.3 is 5.97 Å². The molecule has 0 bridgehead atoms. The lowest BCUT2D eigenvalue weighted by molar-refractivity contribution is -0.139. The topological polar surface area (TPSA) is 68.5 Å². The normalized spacial score (nSPS) is 11.0. The standard InChI is InChI=1S/C24H23NO4/c1-17-5-9-20(10-6-17)24(28)21-11-13-25(15-21)12-3-4-19-8-7-18(2)22(14-19)29-16-23(26)27/h3-11,13-15H,12,16H2,1-2H3,(H,26,27)/b4-3+. The minimum Gasteiger partial charge on any atom is -0.482 e. The highest BCUT2D eigenvalue weighted by atomic mass is 16.5. The molecule has 3 aromatic rings. The molecule has 1 aromatic heterocycles. The number of carbonyl (C=O) groups is 2. The van der Waals surface area contributed by atoms with Gasteiger partial charge in [-0.15, -0.1) is 0 Å². The van der Waals surface area contributed by atoms with Gasteiger partial charge < -0.3 is 14.4 Å². The van der Waals surface area contributed by atoms with Gasteiger partial charge in [-0.05, 0) is 37.1 Å². The van der Waals surface area contributed by atoms with Gasteiger partial charge in [0.1, 0.15) is 5.75 Å². The van der Waals surface area contributed by atoms with E-state index in [4.69, 9.17) is 9.84 Å². The molecule has 1 heterocycles. The largest absolute Gasteiger partial charge is 0.482 e. The highest BCUT2D eigenvalue weighted by Crippen LogP contribution is 2.20. The molecule has 0 atom stereocenters. The molecule has 0 aliphatic heterocycles. The van der Waals surface area contributed by atoms with Gasteiger partial charge in [-0.1, -0.05) is 54.1 Å². The summed E-state index contributed by atoms with van der Waals surface area (Å²) in [4.78, 5) is 23.2. The lowest BCUT2D eigenvalue weighted by Gasteiger charge is -2.07. The first kappa shape index (κ1) is 20.1. The molecule has 0 amide bonds. The Labute approximate surface area is 169 Å². The molecule has 2 aromatic carbocycles. The van der Waals surface area contributed by atoms with Crippen LogP contribution in [-0.2, 0) is 11.3 Å². The number of ketones is 1. The lowest BCUT2D eigenvalue weighted by atomic mass is 10.0. The van der Waals surface area contributed by atoms with Crippen molar-refractivity contribution in [3.8, 4) is 5.75 Å². The van der Waals surface area contributed by atoms with Crippen LogP contribution < -0.4 is 4.74 Å². The average Bonchev–Trinajstić information content (AvgIpc) is 3.17. The zero-order chi connectivity index (χ0) is 20.8. The van der Waals surface area contributed by atoms with Crippen molar-refractivity contribution in [2.45, 2.75) is 20.4 Å². The highest BCUT2D eigenvalue weighted by Gasteiger charge is 2.10. The summed E-state index contributed by atoms with van der Waals surface area (Å²) in [6.07, 6.45) is 7.63. The summed E-state index contributed by atoms with van der Waals surface area (Å²) >= 11 is 0. The molecule has 0 aliphatic carbocycles. The summed E-state index contributed by atoms with van der Waals surface area (Å²) in [5, 5.41) is 8.76. The Balaban J connectivity index is 1.64. The zero-order valence-corrected chi connectivity index (χ0v) is 16.5. The lowest BCUT2D eigenvalue weighted by Crippen LogP contribution is -2.10. The number of nitrogens with zero attached hydrogens (tertiary/aromatic N) is 1. The second-order valence-corrected chi connectivity index (χ2v) is 6.90. The summed E-state index contributed by atoms with van der Waals surface area (Å²) in [5.74, 6) is -0.443. The molecule has 0 saturated carbocycles. The van der Waals surface area contributed by atoms with E-state index in [1.807, 2.05) is 91.5 Å². The second kappa shape index (κ2) is 9.06. The first-order chi connectivity index (χ1) is 13.9. The highest BCUT2D eigenvalue weighted by molar-refractivity contribution is 6.08. The van der Waals surface area contributed by atoms with E-state index < -0.39 is 5.97 Å². The predicted molar refractivity (Wildman–Crippen MR) is 112 cm³/mol. The van der Waals surface area contributed by atoms with Crippen LogP contribution in [0.5, 0.6) is 5.75 Å². The smallest absolute Gasteiger partial charge is 0.341 e. The fourth-order valence-corrected chi connectivity index (χ4v) is 2.89. The van der Waals surface area contributed by atoms with Crippen LogP contribution in [0.2, 0.25) is 0 Å². The van der Waals surface area contributed by atoms with Gasteiger partial charge in [-0.3, -0.25) is 4.79 Å². The number of hydrogen-bond donors (Lipinski definition) is 1. The number of rotatable bonds is 8. The molecule has 0 saturated heterocycles. The average molecular weight is 389 g/mol. The molecular weight excluding hydrogens is 366 g/mol. The predicted octanol–water partition coefficient (Wildman–Crippen LogP) is 4.51. The van der Waals surface area contributed by atoms with Crippen LogP contribution >= 0.6 is 0 Å². The number of aliphatic carboxylic acids is 1. The van der Waals surface area contributed by atoms with Crippen LogP contribution in [0, 0.1) is 13.8 Å². The minimum atomic E-state index is -1.01. The van der Waals surface area contributed by atoms with Crippen LogP contribution in [-0.4, -0.2) is 28.0 Å². The van der Waals surface area contributed by atoms with E-state index in [0.717, 1.165) is 16.7 Å². The number of benzene rings is 2. The van der Waals surface area contributed by atoms with Crippen molar-refractivity contribution in [1.29, 1.82) is 0 Å². The van der Waals surface area contributed by atoms with Gasteiger partial charge in [-0.25, -0.2) is 4.79 Å². The number of ether oxygens (including phenoxy) is 1. The maximum Gasteiger partial charge on any atom is 0.341 e. The third-order valence-corrected chi connectivity index (χ3v) is 4.52. The Kier molecular flexibility index (Phi) is 6.29. The molecule has 148 valence electrons. The van der Waals surface area contributed by atoms with Crippen molar-refractivity contribution in [3.63, 3.8) is 0 Å². The molecule has 3 rings (SSSR count). The number of carboxylic acid groups (broad SMARTS) is 1. The first-order valence-corrected chi connectivity index (χ1v) is 9.31. The van der Waals surface area contributed by atoms with Crippen molar-refractivity contribution in [2.24, 2.45) is 0 Å². The Morgan fingerprint density at radius 1 is 1.03 bits per heavy atom. The Morgan fingerprint density at radius 2 is 1.79 bits per heavy atom. The summed E-state index contributed by atoms with van der Waals surface area (Å²) < 4.78 is 7.24. The first-order valence-electron chi connectivity index (χ1n) is 9.31. The molecule has 5 nitrogen and oxygen atoms in total. The summed E-state index contributed by atoms with van der Waals surface area (Å²) in [5.41, 5.74) is 4.25. The SMILES string of the molecule is Cc1ccc(C(=O)c2ccn(C/C=C/c3ccc(C)c(OCC(=O)O)c3)c2)cc1. The summed E-state index contributed by atoms with van der Waals surface area (Å²) in [6.45, 7) is 4.11. The van der Waals surface area contributed by atoms with Crippen LogP contribution in [0.15, 0.2) is 67.0 Å². The third-order valence-electron chi connectivity index (χ3n) is 4.52. The monoisotopic (exact) mass is 389 g/mol. The Bertz CT molecular complexity index is 1040. The molecule has 0 aliphatic rings. The fraction of sp³-hybridized carbons (Fsp3) is 0.167. The molecule has 29 heavy (non-hydrogen) atoms. The maximum absolute atomic E-state index is 12.6. The van der Waals surface area contributed by atoms with Crippen molar-refractivity contribution < 1.29 is 19.4 Å². The van der Waals surface area contributed by atoms with E-state index in [9.17, 15) is 9.59 Å². The number of carboxylic acids is 1. The molecule has 0 spiro atoms. The van der Waals surface area contributed by atoms with Gasteiger partial charge in [0.15, 0.2) is 12.4 Å². The van der Waals surface area contributed by atoms with Crippen molar-refractivity contribution >= 4 is 17.8 Å². The third kappa shape index (κ3) is 5.45. The molecule has 5 heteroatoms. The molecule has 1 N–H and O–H groups in total. The fourth-order valence-electron chi connectivity index (χ4n) is 2.89. The number of hydrogen-bond acceptors (Lipinski definition) is 3. The van der Waals surface area contributed by atoms with E-state index in [1.54, 1.807) is 0 Å². The van der Waals surface area contributed by atoms with Gasteiger partial charge in [-0.2, -0.15) is 0 Å². The van der Waals surface area contributed by atoms with Crippen LogP contribution in [0.4, 0.5) is 0 Å². The molecule has 0 radical (unpaired) electrons. The summed E-state index contributed by atoms with van der Waals surface area (Å²) in [7, 11) is 0. The minimum absolute atomic E-state index is 0.00600. The maximum atomic E-state index is 12.6. The Hall–Kier alpha value is -3.60.